The molecule has 0 aliphatic heterocycles. The van der Waals surface area contributed by atoms with Crippen LogP contribution >= 0.6 is 0 Å². The summed E-state index contributed by atoms with van der Waals surface area (Å²) in [7, 11) is 0. The van der Waals surface area contributed by atoms with Crippen LogP contribution < -0.4 is 0 Å². The number of hydrogen-bond acceptors (Lipinski definition) is 1. The van der Waals surface area contributed by atoms with Gasteiger partial charge in [0.1, 0.15) is 0 Å². The van der Waals surface area contributed by atoms with Crippen LogP contribution in [0.2, 0.25) is 0 Å². The van der Waals surface area contributed by atoms with Crippen LogP contribution in [0.15, 0.2) is 18.2 Å². The Hall–Kier alpha value is -0.820. The van der Waals surface area contributed by atoms with Gasteiger partial charge in [-0.05, 0) is 36.0 Å². The number of rotatable bonds is 7. The molecule has 17 heavy (non-hydrogen) atoms. The maximum Gasteiger partial charge on any atom is 0.0534 e. The van der Waals surface area contributed by atoms with Gasteiger partial charge in [-0.3, -0.25) is 0 Å². The van der Waals surface area contributed by atoms with Crippen molar-refractivity contribution in [2.24, 2.45) is 0 Å². The summed E-state index contributed by atoms with van der Waals surface area (Å²) in [6.07, 6.45) is 5.93. The monoisotopic (exact) mass is 233 g/mol. The molecule has 1 radical (unpaired) electrons. The summed E-state index contributed by atoms with van der Waals surface area (Å²) in [5, 5.41) is 9.24. The zero-order valence-electron chi connectivity index (χ0n) is 11.4. The SMILES string of the molecule is CCCCc1cc(CCC)cc([C](C)CO)c1. The summed E-state index contributed by atoms with van der Waals surface area (Å²) >= 11 is 0. The van der Waals surface area contributed by atoms with Crippen LogP contribution in [0.25, 0.3) is 0 Å². The molecule has 0 aliphatic carbocycles. The van der Waals surface area contributed by atoms with Crippen molar-refractivity contribution in [2.45, 2.75) is 52.9 Å². The first kappa shape index (κ1) is 14.2. The van der Waals surface area contributed by atoms with Gasteiger partial charge in [0, 0.05) is 5.92 Å². The summed E-state index contributed by atoms with van der Waals surface area (Å²) in [5.41, 5.74) is 4.04. The van der Waals surface area contributed by atoms with Crippen LogP contribution in [0, 0.1) is 5.92 Å². The molecule has 0 amide bonds. The Balaban J connectivity index is 2.91. The summed E-state index contributed by atoms with van der Waals surface area (Å²) in [5.74, 6) is 1.07. The van der Waals surface area contributed by atoms with E-state index in [1.54, 1.807) is 0 Å². The van der Waals surface area contributed by atoms with Crippen LogP contribution in [-0.2, 0) is 12.8 Å². The summed E-state index contributed by atoms with van der Waals surface area (Å²) < 4.78 is 0. The molecule has 0 aromatic heterocycles. The van der Waals surface area contributed by atoms with E-state index in [0.29, 0.717) is 0 Å². The van der Waals surface area contributed by atoms with Gasteiger partial charge in [-0.2, -0.15) is 0 Å². The molecule has 95 valence electrons. The molecule has 0 spiro atoms. The van der Waals surface area contributed by atoms with Crippen molar-refractivity contribution < 1.29 is 5.11 Å². The average Bonchev–Trinajstić information content (AvgIpc) is 2.35. The van der Waals surface area contributed by atoms with Crippen LogP contribution in [0.4, 0.5) is 0 Å². The van der Waals surface area contributed by atoms with Gasteiger partial charge in [0.25, 0.3) is 0 Å². The standard InChI is InChI=1S/C16H25O/c1-4-6-8-15-9-14(7-5-2)10-16(11-15)13(3)12-17/h9-11,17H,4-8,12H2,1-3H3. The van der Waals surface area contributed by atoms with Crippen molar-refractivity contribution in [1.82, 2.24) is 0 Å². The van der Waals surface area contributed by atoms with Crippen molar-refractivity contribution in [3.05, 3.63) is 40.8 Å². The minimum Gasteiger partial charge on any atom is -0.395 e. The Labute approximate surface area is 106 Å². The molecule has 1 aromatic carbocycles. The molecule has 0 saturated carbocycles. The Morgan fingerprint density at radius 3 is 2.18 bits per heavy atom. The summed E-state index contributed by atoms with van der Waals surface area (Å²) in [6.45, 7) is 6.60. The highest BCUT2D eigenvalue weighted by atomic mass is 16.3. The minimum absolute atomic E-state index is 0.156. The lowest BCUT2D eigenvalue weighted by atomic mass is 9.94. The maximum atomic E-state index is 9.24. The molecule has 0 atom stereocenters. The highest BCUT2D eigenvalue weighted by Gasteiger charge is 2.07. The Kier molecular flexibility index (Phi) is 6.28. The van der Waals surface area contributed by atoms with Gasteiger partial charge in [-0.1, -0.05) is 51.8 Å². The first-order valence-electron chi connectivity index (χ1n) is 6.77. The quantitative estimate of drug-likeness (QED) is 0.757. The molecule has 0 bridgehead atoms. The van der Waals surface area contributed by atoms with Crippen LogP contribution in [0.5, 0.6) is 0 Å². The summed E-state index contributed by atoms with van der Waals surface area (Å²) in [4.78, 5) is 0. The van der Waals surface area contributed by atoms with Crippen LogP contribution in [-0.4, -0.2) is 11.7 Å². The van der Waals surface area contributed by atoms with Gasteiger partial charge in [0.05, 0.1) is 6.61 Å². The first-order valence-corrected chi connectivity index (χ1v) is 6.77. The molecule has 1 aromatic rings. The van der Waals surface area contributed by atoms with E-state index in [4.69, 9.17) is 0 Å². The second kappa shape index (κ2) is 7.50. The molecular formula is C16H25O. The third-order valence-corrected chi connectivity index (χ3v) is 3.14. The number of aliphatic hydroxyl groups excluding tert-OH is 1. The van der Waals surface area contributed by atoms with Gasteiger partial charge in [-0.25, -0.2) is 0 Å². The highest BCUT2D eigenvalue weighted by Crippen LogP contribution is 2.20. The molecule has 0 heterocycles. The van der Waals surface area contributed by atoms with Crippen molar-refractivity contribution in [2.75, 3.05) is 6.61 Å². The molecular weight excluding hydrogens is 208 g/mol. The third-order valence-electron chi connectivity index (χ3n) is 3.14. The van der Waals surface area contributed by atoms with Gasteiger partial charge in [-0.15, -0.1) is 0 Å². The van der Waals surface area contributed by atoms with Gasteiger partial charge in [0.15, 0.2) is 0 Å². The lowest BCUT2D eigenvalue weighted by Crippen LogP contribution is -2.02. The Morgan fingerprint density at radius 1 is 1.00 bits per heavy atom. The second-order valence-corrected chi connectivity index (χ2v) is 4.83. The fourth-order valence-corrected chi connectivity index (χ4v) is 2.06. The summed E-state index contributed by atoms with van der Waals surface area (Å²) in [6, 6.07) is 6.79. The lowest BCUT2D eigenvalue weighted by molar-refractivity contribution is 0.315. The number of unbranched alkanes of at least 4 members (excludes halogenated alkanes) is 1. The van der Waals surface area contributed by atoms with Crippen LogP contribution in [0.3, 0.4) is 0 Å². The molecule has 1 heteroatoms. The van der Waals surface area contributed by atoms with E-state index in [1.807, 2.05) is 6.92 Å². The Morgan fingerprint density at radius 2 is 1.65 bits per heavy atom. The van der Waals surface area contributed by atoms with E-state index in [0.717, 1.165) is 18.8 Å². The van der Waals surface area contributed by atoms with E-state index in [1.165, 1.54) is 36.0 Å². The minimum atomic E-state index is 0.156. The topological polar surface area (TPSA) is 20.2 Å². The fourth-order valence-electron chi connectivity index (χ4n) is 2.06. The van der Waals surface area contributed by atoms with E-state index in [2.05, 4.69) is 32.0 Å². The van der Waals surface area contributed by atoms with Gasteiger partial charge in [0.2, 0.25) is 0 Å². The average molecular weight is 233 g/mol. The van der Waals surface area contributed by atoms with Crippen molar-refractivity contribution in [1.29, 1.82) is 0 Å². The molecule has 1 N–H and O–H groups in total. The first-order chi connectivity index (χ1) is 8.21. The fraction of sp³-hybridized carbons (Fsp3) is 0.562. The molecule has 1 rings (SSSR count). The molecule has 0 fully saturated rings. The van der Waals surface area contributed by atoms with Gasteiger partial charge < -0.3 is 5.11 Å². The van der Waals surface area contributed by atoms with Gasteiger partial charge >= 0.3 is 0 Å². The van der Waals surface area contributed by atoms with E-state index < -0.39 is 0 Å². The number of aliphatic hydroxyl groups is 1. The van der Waals surface area contributed by atoms with E-state index >= 15 is 0 Å². The third kappa shape index (κ3) is 4.51. The smallest absolute Gasteiger partial charge is 0.0534 e. The predicted octanol–water partition coefficient (Wildman–Crippen LogP) is 3.92. The van der Waals surface area contributed by atoms with Crippen molar-refractivity contribution in [3.63, 3.8) is 0 Å². The van der Waals surface area contributed by atoms with Crippen molar-refractivity contribution >= 4 is 0 Å². The molecule has 1 nitrogen and oxygen atoms in total. The van der Waals surface area contributed by atoms with Crippen LogP contribution in [0.1, 0.15) is 56.7 Å². The number of hydrogen-bond donors (Lipinski definition) is 1. The predicted molar refractivity (Wildman–Crippen MR) is 74.2 cm³/mol. The molecule has 0 unspecified atom stereocenters. The maximum absolute atomic E-state index is 9.24. The lowest BCUT2D eigenvalue weighted by Gasteiger charge is -2.13. The van der Waals surface area contributed by atoms with E-state index in [9.17, 15) is 5.11 Å². The number of benzene rings is 1. The largest absolute Gasteiger partial charge is 0.395 e. The highest BCUT2D eigenvalue weighted by molar-refractivity contribution is 5.38. The zero-order chi connectivity index (χ0) is 12.7. The zero-order valence-corrected chi connectivity index (χ0v) is 11.4. The Bertz CT molecular complexity index is 330. The molecule has 0 aliphatic rings. The second-order valence-electron chi connectivity index (χ2n) is 4.83. The van der Waals surface area contributed by atoms with Crippen molar-refractivity contribution in [3.8, 4) is 0 Å². The van der Waals surface area contributed by atoms with E-state index in [-0.39, 0.29) is 6.61 Å². The normalized spacial score (nSPS) is 11.1. The molecule has 0 saturated heterocycles. The number of aryl methyl sites for hydroxylation is 2.